The molecule has 0 bridgehead atoms. The summed E-state index contributed by atoms with van der Waals surface area (Å²) in [6, 6.07) is 4.79. The average molecular weight is 485 g/mol. The van der Waals surface area contributed by atoms with E-state index >= 15 is 0 Å². The fourth-order valence-corrected chi connectivity index (χ4v) is 5.01. The number of anilines is 2. The third-order valence-corrected chi connectivity index (χ3v) is 7.30. The van der Waals surface area contributed by atoms with Crippen LogP contribution < -0.4 is 21.1 Å². The number of aryl methyl sites for hydroxylation is 1. The molecule has 0 atom stereocenters. The highest BCUT2D eigenvalue weighted by Crippen LogP contribution is 2.30. The molecule has 0 radical (unpaired) electrons. The topological polar surface area (TPSA) is 109 Å². The van der Waals surface area contributed by atoms with Crippen molar-refractivity contribution in [2.45, 2.75) is 45.2 Å². The minimum Gasteiger partial charge on any atom is -0.353 e. The third kappa shape index (κ3) is 4.79. The predicted octanol–water partition coefficient (Wildman–Crippen LogP) is 2.43. The molecule has 2 amide bonds. The lowest BCUT2D eigenvalue weighted by Crippen LogP contribution is -2.41. The highest BCUT2D eigenvalue weighted by molar-refractivity contribution is 7.22. The Kier molecular flexibility index (Phi) is 6.03. The van der Waals surface area contributed by atoms with Crippen molar-refractivity contribution in [1.29, 1.82) is 0 Å². The number of nitrogens with one attached hydrogen (secondary N) is 2. The number of carbonyl (C=O) groups is 2. The van der Waals surface area contributed by atoms with Crippen LogP contribution in [0, 0.1) is 18.7 Å². The standard InChI is InChI=1S/C23H25FN6O3S/c1-13-2-3-16(10-17(13)24)26-18(31)11-30-12-25-20-19(22(30)33)34-23(28-20)29-8-6-14(7-9-29)21(32)27-15-4-5-15/h2-3,10,12,14-15H,4-9,11H2,1H3,(H,26,31)(H,27,32). The number of aromatic nitrogens is 3. The molecule has 2 aromatic heterocycles. The van der Waals surface area contributed by atoms with Crippen LogP contribution >= 0.6 is 11.3 Å². The Bertz CT molecular complexity index is 1310. The second-order valence-corrected chi connectivity index (χ2v) is 9.86. The molecule has 1 aliphatic carbocycles. The van der Waals surface area contributed by atoms with Gasteiger partial charge in [-0.2, -0.15) is 4.98 Å². The summed E-state index contributed by atoms with van der Waals surface area (Å²) < 4.78 is 15.3. The molecule has 2 aliphatic rings. The number of thiazole rings is 1. The molecule has 9 nitrogen and oxygen atoms in total. The largest absolute Gasteiger partial charge is 0.353 e. The molecule has 5 rings (SSSR count). The van der Waals surface area contributed by atoms with Crippen LogP contribution in [0.15, 0.2) is 29.3 Å². The summed E-state index contributed by atoms with van der Waals surface area (Å²) in [6.45, 7) is 2.77. The predicted molar refractivity (Wildman–Crippen MR) is 128 cm³/mol. The van der Waals surface area contributed by atoms with Crippen LogP contribution in [0.5, 0.6) is 0 Å². The number of fused-ring (bicyclic) bond motifs is 1. The maximum absolute atomic E-state index is 13.7. The number of hydrogen-bond acceptors (Lipinski definition) is 7. The van der Waals surface area contributed by atoms with Gasteiger partial charge in [0.15, 0.2) is 10.8 Å². The van der Waals surface area contributed by atoms with Crippen molar-refractivity contribution in [2.75, 3.05) is 23.3 Å². The van der Waals surface area contributed by atoms with Crippen molar-refractivity contribution in [1.82, 2.24) is 19.9 Å². The van der Waals surface area contributed by atoms with E-state index in [1.165, 1.54) is 28.3 Å². The van der Waals surface area contributed by atoms with Gasteiger partial charge in [-0.15, -0.1) is 0 Å². The zero-order chi connectivity index (χ0) is 23.8. The molecule has 2 N–H and O–H groups in total. The number of amides is 2. The van der Waals surface area contributed by atoms with Gasteiger partial charge in [-0.3, -0.25) is 19.0 Å². The summed E-state index contributed by atoms with van der Waals surface area (Å²) in [4.78, 5) is 48.5. The smallest absolute Gasteiger partial charge is 0.273 e. The number of nitrogens with zero attached hydrogens (tertiary/aromatic N) is 4. The zero-order valence-corrected chi connectivity index (χ0v) is 19.5. The van der Waals surface area contributed by atoms with E-state index in [4.69, 9.17) is 0 Å². The fourth-order valence-electron chi connectivity index (χ4n) is 3.99. The van der Waals surface area contributed by atoms with Crippen LogP contribution in [0.25, 0.3) is 10.3 Å². The average Bonchev–Trinajstić information content (AvgIpc) is 3.52. The molecule has 0 spiro atoms. The van der Waals surface area contributed by atoms with Crippen LogP contribution in [0.3, 0.4) is 0 Å². The summed E-state index contributed by atoms with van der Waals surface area (Å²) in [7, 11) is 0. The lowest BCUT2D eigenvalue weighted by molar-refractivity contribution is -0.125. The molecule has 2 fully saturated rings. The van der Waals surface area contributed by atoms with Crippen LogP contribution in [0.1, 0.15) is 31.2 Å². The normalized spacial score (nSPS) is 16.6. The first-order valence-corrected chi connectivity index (χ1v) is 12.2. The number of rotatable bonds is 6. The van der Waals surface area contributed by atoms with Gasteiger partial charge in [0, 0.05) is 30.7 Å². The van der Waals surface area contributed by atoms with Gasteiger partial charge >= 0.3 is 0 Å². The van der Waals surface area contributed by atoms with Crippen molar-refractivity contribution >= 4 is 44.3 Å². The summed E-state index contributed by atoms with van der Waals surface area (Å²) in [5, 5.41) is 6.37. The molecule has 1 saturated carbocycles. The minimum absolute atomic E-state index is 0.0158. The maximum atomic E-state index is 13.7. The van der Waals surface area contributed by atoms with Crippen LogP contribution in [-0.4, -0.2) is 45.5 Å². The summed E-state index contributed by atoms with van der Waals surface area (Å²) >= 11 is 1.25. The molecule has 1 aromatic carbocycles. The maximum Gasteiger partial charge on any atom is 0.273 e. The Morgan fingerprint density at radius 2 is 1.97 bits per heavy atom. The first-order valence-electron chi connectivity index (χ1n) is 11.3. The molecule has 1 aliphatic heterocycles. The quantitative estimate of drug-likeness (QED) is 0.556. The number of benzene rings is 1. The molecule has 0 unspecified atom stereocenters. The van der Waals surface area contributed by atoms with E-state index in [2.05, 4.69) is 25.5 Å². The van der Waals surface area contributed by atoms with E-state index in [1.807, 2.05) is 0 Å². The lowest BCUT2D eigenvalue weighted by atomic mass is 9.96. The summed E-state index contributed by atoms with van der Waals surface area (Å²) in [5.74, 6) is -0.713. The molecule has 3 heterocycles. The SMILES string of the molecule is Cc1ccc(NC(=O)Cn2cnc3nc(N4CCC(C(=O)NC5CC5)CC4)sc3c2=O)cc1F. The number of carbonyl (C=O) groups excluding carboxylic acids is 2. The van der Waals surface area contributed by atoms with Crippen molar-refractivity contribution in [3.8, 4) is 0 Å². The van der Waals surface area contributed by atoms with E-state index in [9.17, 15) is 18.8 Å². The van der Waals surface area contributed by atoms with Gasteiger partial charge in [-0.1, -0.05) is 17.4 Å². The molecular weight excluding hydrogens is 459 g/mol. The van der Waals surface area contributed by atoms with Gasteiger partial charge in [0.1, 0.15) is 23.4 Å². The molecule has 178 valence electrons. The Hall–Kier alpha value is -3.34. The van der Waals surface area contributed by atoms with Gasteiger partial charge < -0.3 is 15.5 Å². The molecule has 1 saturated heterocycles. The van der Waals surface area contributed by atoms with Gasteiger partial charge in [0.05, 0.1) is 0 Å². The lowest BCUT2D eigenvalue weighted by Gasteiger charge is -2.30. The van der Waals surface area contributed by atoms with Gasteiger partial charge in [0.25, 0.3) is 5.56 Å². The Balaban J connectivity index is 1.25. The minimum atomic E-state index is -0.456. The van der Waals surface area contributed by atoms with Crippen LogP contribution in [0.4, 0.5) is 15.2 Å². The highest BCUT2D eigenvalue weighted by atomic mass is 32.1. The first kappa shape index (κ1) is 22.5. The molecule has 11 heteroatoms. The van der Waals surface area contributed by atoms with E-state index in [0.29, 0.717) is 45.9 Å². The van der Waals surface area contributed by atoms with Crippen molar-refractivity contribution in [3.05, 3.63) is 46.3 Å². The zero-order valence-electron chi connectivity index (χ0n) is 18.7. The molecule has 34 heavy (non-hydrogen) atoms. The first-order chi connectivity index (χ1) is 16.4. The molecule has 3 aromatic rings. The second kappa shape index (κ2) is 9.13. The fraction of sp³-hybridized carbons (Fsp3) is 0.435. The third-order valence-electron chi connectivity index (χ3n) is 6.20. The number of hydrogen-bond donors (Lipinski definition) is 2. The second-order valence-electron chi connectivity index (χ2n) is 8.88. The van der Waals surface area contributed by atoms with E-state index in [-0.39, 0.29) is 23.9 Å². The van der Waals surface area contributed by atoms with Crippen molar-refractivity contribution < 1.29 is 14.0 Å². The molecular formula is C23H25FN6O3S. The van der Waals surface area contributed by atoms with E-state index in [0.717, 1.165) is 25.7 Å². The highest BCUT2D eigenvalue weighted by Gasteiger charge is 2.30. The van der Waals surface area contributed by atoms with Gasteiger partial charge in [-0.05, 0) is 50.3 Å². The Labute approximate surface area is 199 Å². The summed E-state index contributed by atoms with van der Waals surface area (Å²) in [5.41, 5.74) is 0.800. The van der Waals surface area contributed by atoms with Gasteiger partial charge in [0.2, 0.25) is 11.8 Å². The Morgan fingerprint density at radius 1 is 1.21 bits per heavy atom. The van der Waals surface area contributed by atoms with E-state index in [1.54, 1.807) is 19.1 Å². The number of halogens is 1. The van der Waals surface area contributed by atoms with Crippen molar-refractivity contribution in [3.63, 3.8) is 0 Å². The Morgan fingerprint density at radius 3 is 2.68 bits per heavy atom. The van der Waals surface area contributed by atoms with E-state index < -0.39 is 11.7 Å². The summed E-state index contributed by atoms with van der Waals surface area (Å²) in [6.07, 6.45) is 4.94. The monoisotopic (exact) mass is 484 g/mol. The van der Waals surface area contributed by atoms with Crippen LogP contribution in [-0.2, 0) is 16.1 Å². The number of piperidine rings is 1. The van der Waals surface area contributed by atoms with Crippen molar-refractivity contribution in [2.24, 2.45) is 5.92 Å². The van der Waals surface area contributed by atoms with Crippen LogP contribution in [0.2, 0.25) is 0 Å². The van der Waals surface area contributed by atoms with Gasteiger partial charge in [-0.25, -0.2) is 9.37 Å².